The van der Waals surface area contributed by atoms with Gasteiger partial charge in [-0.1, -0.05) is 12.1 Å². The van der Waals surface area contributed by atoms with Gasteiger partial charge in [0.2, 0.25) is 0 Å². The van der Waals surface area contributed by atoms with Crippen LogP contribution in [0, 0.1) is 0 Å². The van der Waals surface area contributed by atoms with Crippen molar-refractivity contribution < 1.29 is 31.5 Å². The van der Waals surface area contributed by atoms with Crippen molar-refractivity contribution in [2.45, 2.75) is 23.6 Å². The third kappa shape index (κ3) is 4.25. The largest absolute Gasteiger partial charge is 0.418 e. The van der Waals surface area contributed by atoms with Gasteiger partial charge in [-0.25, -0.2) is 0 Å². The SMILES string of the molecule is C[C@](O)(CNC(=O)c1ccc(NC2=NS(=O)(=O)c3ccccc32)cc1)C(F)(F)F. The number of sulfonamides is 1. The van der Waals surface area contributed by atoms with Crippen LogP contribution in [0.5, 0.6) is 0 Å². The van der Waals surface area contributed by atoms with E-state index in [1.54, 1.807) is 18.2 Å². The fourth-order valence-electron chi connectivity index (χ4n) is 2.49. The Bertz CT molecular complexity index is 1080. The summed E-state index contributed by atoms with van der Waals surface area (Å²) in [6.45, 7) is -0.435. The van der Waals surface area contributed by atoms with E-state index in [9.17, 15) is 31.5 Å². The summed E-state index contributed by atoms with van der Waals surface area (Å²) in [7, 11) is -3.78. The summed E-state index contributed by atoms with van der Waals surface area (Å²) in [5.41, 5.74) is -2.16. The number of fused-ring (bicyclic) bond motifs is 1. The summed E-state index contributed by atoms with van der Waals surface area (Å²) in [6, 6.07) is 11.9. The van der Waals surface area contributed by atoms with Crippen LogP contribution in [0.4, 0.5) is 18.9 Å². The molecule has 0 bridgehead atoms. The second kappa shape index (κ2) is 7.16. The number of halogens is 3. The van der Waals surface area contributed by atoms with Gasteiger partial charge in [0.15, 0.2) is 11.4 Å². The highest BCUT2D eigenvalue weighted by atomic mass is 32.2. The van der Waals surface area contributed by atoms with Gasteiger partial charge in [0.1, 0.15) is 4.90 Å². The van der Waals surface area contributed by atoms with Gasteiger partial charge >= 0.3 is 6.18 Å². The number of carbonyl (C=O) groups excluding carboxylic acids is 1. The van der Waals surface area contributed by atoms with E-state index in [2.05, 4.69) is 9.71 Å². The summed E-state index contributed by atoms with van der Waals surface area (Å²) in [5.74, 6) is -0.675. The van der Waals surface area contributed by atoms with Gasteiger partial charge in [-0.2, -0.15) is 21.6 Å². The zero-order chi connectivity index (χ0) is 21.4. The van der Waals surface area contributed by atoms with Gasteiger partial charge in [0.25, 0.3) is 15.9 Å². The number of amides is 1. The molecule has 1 atom stereocenters. The molecule has 0 aliphatic carbocycles. The van der Waals surface area contributed by atoms with Crippen LogP contribution >= 0.6 is 0 Å². The second-order valence-electron chi connectivity index (χ2n) is 6.57. The maximum absolute atomic E-state index is 12.6. The Labute approximate surface area is 164 Å². The molecular formula is C18H16F3N3O4S. The van der Waals surface area contributed by atoms with E-state index in [1.807, 2.05) is 5.32 Å². The summed E-state index contributed by atoms with van der Waals surface area (Å²) < 4.78 is 65.7. The fourth-order valence-corrected chi connectivity index (χ4v) is 3.67. The first kappa shape index (κ1) is 20.8. The molecule has 0 saturated carbocycles. The highest BCUT2D eigenvalue weighted by Gasteiger charge is 2.49. The zero-order valence-corrected chi connectivity index (χ0v) is 15.8. The van der Waals surface area contributed by atoms with Gasteiger partial charge in [0, 0.05) is 16.8 Å². The first-order valence-corrected chi connectivity index (χ1v) is 9.73. The van der Waals surface area contributed by atoms with Gasteiger partial charge in [-0.15, -0.1) is 4.40 Å². The van der Waals surface area contributed by atoms with Crippen LogP contribution in [-0.4, -0.2) is 43.6 Å². The molecule has 2 aromatic carbocycles. The number of amidine groups is 1. The van der Waals surface area contributed by atoms with E-state index < -0.39 is 34.3 Å². The van der Waals surface area contributed by atoms with Crippen molar-refractivity contribution >= 4 is 27.5 Å². The van der Waals surface area contributed by atoms with Crippen molar-refractivity contribution in [3.8, 4) is 0 Å². The van der Waals surface area contributed by atoms with E-state index in [0.717, 1.165) is 0 Å². The molecule has 3 rings (SSSR count). The Morgan fingerprint density at radius 3 is 2.34 bits per heavy atom. The van der Waals surface area contributed by atoms with E-state index in [4.69, 9.17) is 0 Å². The number of rotatable bonds is 4. The summed E-state index contributed by atoms with van der Waals surface area (Å²) in [5, 5.41) is 14.2. The first-order valence-electron chi connectivity index (χ1n) is 8.29. The second-order valence-corrected chi connectivity index (χ2v) is 8.14. The Hall–Kier alpha value is -2.92. The van der Waals surface area contributed by atoms with Gasteiger partial charge in [-0.3, -0.25) is 4.79 Å². The predicted octanol–water partition coefficient (Wildman–Crippen LogP) is 2.29. The zero-order valence-electron chi connectivity index (χ0n) is 15.0. The Morgan fingerprint density at radius 1 is 1.10 bits per heavy atom. The molecule has 1 amide bonds. The maximum atomic E-state index is 12.6. The van der Waals surface area contributed by atoms with Crippen molar-refractivity contribution in [2.24, 2.45) is 4.40 Å². The molecule has 1 heterocycles. The third-order valence-corrected chi connectivity index (χ3v) is 5.58. The van der Waals surface area contributed by atoms with E-state index >= 15 is 0 Å². The maximum Gasteiger partial charge on any atom is 0.418 e. The molecule has 11 heteroatoms. The number of hydrogen-bond acceptors (Lipinski definition) is 5. The van der Waals surface area contributed by atoms with Crippen molar-refractivity contribution in [1.29, 1.82) is 0 Å². The smallest absolute Gasteiger partial charge is 0.379 e. The molecule has 0 radical (unpaired) electrons. The predicted molar refractivity (Wildman–Crippen MR) is 99.2 cm³/mol. The van der Waals surface area contributed by atoms with E-state index in [0.29, 0.717) is 18.2 Å². The first-order chi connectivity index (χ1) is 13.4. The summed E-state index contributed by atoms with van der Waals surface area (Å²) >= 11 is 0. The average Bonchev–Trinajstić information content (AvgIpc) is 2.90. The van der Waals surface area contributed by atoms with Crippen LogP contribution in [-0.2, 0) is 10.0 Å². The van der Waals surface area contributed by atoms with E-state index in [1.165, 1.54) is 30.3 Å². The number of aliphatic hydroxyl groups is 1. The normalized spacial score (nSPS) is 17.1. The molecule has 0 saturated heterocycles. The van der Waals surface area contributed by atoms with Crippen LogP contribution < -0.4 is 10.6 Å². The molecule has 0 aromatic heterocycles. The fraction of sp³-hybridized carbons (Fsp3) is 0.222. The number of nitrogens with zero attached hydrogens (tertiary/aromatic N) is 1. The lowest BCUT2D eigenvalue weighted by Crippen LogP contribution is -2.51. The quantitative estimate of drug-likeness (QED) is 0.694. The van der Waals surface area contributed by atoms with Crippen LogP contribution in [0.2, 0.25) is 0 Å². The Balaban J connectivity index is 1.69. The van der Waals surface area contributed by atoms with Crippen molar-refractivity contribution in [3.63, 3.8) is 0 Å². The molecule has 29 heavy (non-hydrogen) atoms. The highest BCUT2D eigenvalue weighted by molar-refractivity contribution is 7.90. The van der Waals surface area contributed by atoms with Crippen LogP contribution in [0.1, 0.15) is 22.8 Å². The monoisotopic (exact) mass is 427 g/mol. The van der Waals surface area contributed by atoms with Crippen LogP contribution in [0.3, 0.4) is 0 Å². The van der Waals surface area contributed by atoms with Crippen LogP contribution in [0.15, 0.2) is 57.8 Å². The number of carbonyl (C=O) groups is 1. The van der Waals surface area contributed by atoms with Gasteiger partial charge < -0.3 is 15.7 Å². The number of nitrogens with one attached hydrogen (secondary N) is 2. The molecular weight excluding hydrogens is 411 g/mol. The van der Waals surface area contributed by atoms with Crippen LogP contribution in [0.25, 0.3) is 0 Å². The lowest BCUT2D eigenvalue weighted by atomic mass is 10.1. The average molecular weight is 427 g/mol. The summed E-state index contributed by atoms with van der Waals surface area (Å²) in [4.78, 5) is 12.1. The van der Waals surface area contributed by atoms with E-state index in [-0.39, 0.29) is 16.3 Å². The molecule has 0 fully saturated rings. The van der Waals surface area contributed by atoms with Crippen molar-refractivity contribution in [3.05, 3.63) is 59.7 Å². The third-order valence-electron chi connectivity index (χ3n) is 4.25. The number of benzene rings is 2. The highest BCUT2D eigenvalue weighted by Crippen LogP contribution is 2.29. The molecule has 154 valence electrons. The number of anilines is 1. The molecule has 3 N–H and O–H groups in total. The Morgan fingerprint density at radius 2 is 1.72 bits per heavy atom. The topological polar surface area (TPSA) is 108 Å². The number of alkyl halides is 3. The lowest BCUT2D eigenvalue weighted by molar-refractivity contribution is -0.249. The molecule has 1 aliphatic rings. The standard InChI is InChI=1S/C18H16F3N3O4S/c1-17(26,18(19,20)21)10-22-16(25)11-6-8-12(9-7-11)23-15-13-4-2-3-5-14(13)29(27,28)24-15/h2-9,26H,10H2,1H3,(H,22,25)(H,23,24)/t17-/m0/s1. The van der Waals surface area contributed by atoms with Gasteiger partial charge in [-0.05, 0) is 43.3 Å². The summed E-state index contributed by atoms with van der Waals surface area (Å²) in [6.07, 6.45) is -4.88. The molecule has 0 unspecified atom stereocenters. The van der Waals surface area contributed by atoms with Crippen molar-refractivity contribution in [1.82, 2.24) is 5.32 Å². The lowest BCUT2D eigenvalue weighted by Gasteiger charge is -2.26. The molecule has 1 aliphatic heterocycles. The minimum absolute atomic E-state index is 0.0647. The minimum atomic E-state index is -4.88. The molecule has 0 spiro atoms. The number of hydrogen-bond donors (Lipinski definition) is 3. The Kier molecular flexibility index (Phi) is 5.13. The van der Waals surface area contributed by atoms with Crippen molar-refractivity contribution in [2.75, 3.05) is 11.9 Å². The van der Waals surface area contributed by atoms with Gasteiger partial charge in [0.05, 0.1) is 6.54 Å². The minimum Gasteiger partial charge on any atom is -0.379 e. The molecule has 7 nitrogen and oxygen atoms in total. The molecule has 2 aromatic rings.